The van der Waals surface area contributed by atoms with Crippen LogP contribution in [0.3, 0.4) is 0 Å². The average molecular weight is 349 g/mol. The molecule has 0 aliphatic heterocycles. The summed E-state index contributed by atoms with van der Waals surface area (Å²) in [5.74, 6) is -1.17. The first kappa shape index (κ1) is 15.9. The second kappa shape index (κ2) is 6.50. The number of hydrogen-bond acceptors (Lipinski definition) is 2. The molecule has 1 aliphatic carbocycles. The van der Waals surface area contributed by atoms with Crippen molar-refractivity contribution >= 4 is 15.9 Å². The summed E-state index contributed by atoms with van der Waals surface area (Å²) in [6.07, 6.45) is 3.87. The van der Waals surface area contributed by atoms with Crippen LogP contribution < -0.4 is 0 Å². The van der Waals surface area contributed by atoms with Gasteiger partial charge in [-0.15, -0.1) is 0 Å². The highest BCUT2D eigenvalue weighted by Crippen LogP contribution is 2.43. The van der Waals surface area contributed by atoms with Gasteiger partial charge >= 0.3 is 0 Å². The van der Waals surface area contributed by atoms with E-state index in [1.807, 2.05) is 0 Å². The van der Waals surface area contributed by atoms with Crippen molar-refractivity contribution < 1.29 is 19.0 Å². The average Bonchev–Trinajstić information content (AvgIpc) is 2.99. The van der Waals surface area contributed by atoms with Crippen molar-refractivity contribution in [3.8, 4) is 0 Å². The molecule has 1 saturated carbocycles. The van der Waals surface area contributed by atoms with Crippen LogP contribution in [-0.4, -0.2) is 23.4 Å². The smallest absolute Gasteiger partial charge is 0.143 e. The zero-order chi connectivity index (χ0) is 14.8. The Morgan fingerprint density at radius 1 is 1.15 bits per heavy atom. The van der Waals surface area contributed by atoms with Gasteiger partial charge in [-0.25, -0.2) is 8.78 Å². The molecule has 0 amide bonds. The highest BCUT2D eigenvalue weighted by molar-refractivity contribution is 9.10. The van der Waals surface area contributed by atoms with Crippen LogP contribution in [0.5, 0.6) is 0 Å². The summed E-state index contributed by atoms with van der Waals surface area (Å²) in [4.78, 5) is 0. The Kier molecular flexibility index (Phi) is 5.15. The highest BCUT2D eigenvalue weighted by atomic mass is 79.9. The molecule has 1 fully saturated rings. The molecule has 0 radical (unpaired) electrons. The van der Waals surface area contributed by atoms with Gasteiger partial charge in [0.1, 0.15) is 11.6 Å². The van der Waals surface area contributed by atoms with E-state index in [2.05, 4.69) is 15.9 Å². The molecule has 0 saturated heterocycles. The Morgan fingerprint density at radius 2 is 1.75 bits per heavy atom. The van der Waals surface area contributed by atoms with E-state index in [1.165, 1.54) is 12.1 Å². The van der Waals surface area contributed by atoms with Crippen molar-refractivity contribution in [2.24, 2.45) is 11.3 Å². The van der Waals surface area contributed by atoms with Crippen LogP contribution in [0, 0.1) is 23.0 Å². The summed E-state index contributed by atoms with van der Waals surface area (Å²) in [6.45, 7) is -0.529. The quantitative estimate of drug-likeness (QED) is 0.800. The fourth-order valence-electron chi connectivity index (χ4n) is 3.19. The molecule has 2 rings (SSSR count). The second-order valence-electron chi connectivity index (χ2n) is 5.66. The number of benzene rings is 1. The first-order chi connectivity index (χ1) is 9.54. The summed E-state index contributed by atoms with van der Waals surface area (Å²) < 4.78 is 28.2. The Labute approximate surface area is 125 Å². The van der Waals surface area contributed by atoms with Crippen molar-refractivity contribution in [1.82, 2.24) is 0 Å². The molecule has 112 valence electrons. The van der Waals surface area contributed by atoms with Crippen LogP contribution >= 0.6 is 15.9 Å². The Hall–Kier alpha value is -0.520. The monoisotopic (exact) mass is 348 g/mol. The molecule has 20 heavy (non-hydrogen) atoms. The lowest BCUT2D eigenvalue weighted by Crippen LogP contribution is -2.39. The van der Waals surface area contributed by atoms with Crippen molar-refractivity contribution in [2.75, 3.05) is 13.2 Å². The minimum Gasteiger partial charge on any atom is -0.396 e. The summed E-state index contributed by atoms with van der Waals surface area (Å²) >= 11 is 3.05. The summed E-state index contributed by atoms with van der Waals surface area (Å²) in [6, 6.07) is 2.53. The maximum Gasteiger partial charge on any atom is 0.143 e. The summed E-state index contributed by atoms with van der Waals surface area (Å²) in [5, 5.41) is 19.5. The lowest BCUT2D eigenvalue weighted by molar-refractivity contribution is 0.00448. The topological polar surface area (TPSA) is 40.5 Å². The Bertz CT molecular complexity index is 469. The van der Waals surface area contributed by atoms with Crippen molar-refractivity contribution in [2.45, 2.75) is 32.1 Å². The third-order valence-corrected chi connectivity index (χ3v) is 5.13. The van der Waals surface area contributed by atoms with Crippen LogP contribution in [-0.2, 0) is 6.42 Å². The van der Waals surface area contributed by atoms with E-state index in [-0.39, 0.29) is 35.6 Å². The molecule has 0 atom stereocenters. The van der Waals surface area contributed by atoms with E-state index in [0.29, 0.717) is 0 Å². The maximum atomic E-state index is 14.1. The molecule has 1 aliphatic rings. The number of rotatable bonds is 5. The van der Waals surface area contributed by atoms with Crippen LogP contribution in [0.4, 0.5) is 8.78 Å². The molecule has 0 bridgehead atoms. The van der Waals surface area contributed by atoms with Gasteiger partial charge in [-0.3, -0.25) is 0 Å². The molecule has 5 heteroatoms. The maximum absolute atomic E-state index is 14.1. The Morgan fingerprint density at radius 3 is 2.30 bits per heavy atom. The molecule has 1 aromatic rings. The summed E-state index contributed by atoms with van der Waals surface area (Å²) in [7, 11) is 0. The van der Waals surface area contributed by atoms with E-state index in [0.717, 1.165) is 25.7 Å². The molecule has 2 N–H and O–H groups in total. The van der Waals surface area contributed by atoms with Crippen LogP contribution in [0.2, 0.25) is 0 Å². The normalized spacial score (nSPS) is 16.9. The molecular weight excluding hydrogens is 330 g/mol. The predicted molar refractivity (Wildman–Crippen MR) is 76.3 cm³/mol. The van der Waals surface area contributed by atoms with Gasteiger partial charge in [0.2, 0.25) is 0 Å². The molecular formula is C15H19BrF2O2. The zero-order valence-electron chi connectivity index (χ0n) is 11.2. The van der Waals surface area contributed by atoms with Crippen LogP contribution in [0.15, 0.2) is 16.6 Å². The van der Waals surface area contributed by atoms with Crippen LogP contribution in [0.25, 0.3) is 0 Å². The lowest BCUT2D eigenvalue weighted by atomic mass is 9.71. The predicted octanol–water partition coefficient (Wildman–Crippen LogP) is 3.43. The van der Waals surface area contributed by atoms with E-state index < -0.39 is 17.0 Å². The van der Waals surface area contributed by atoms with Gasteiger partial charge in [0.25, 0.3) is 0 Å². The van der Waals surface area contributed by atoms with E-state index >= 15 is 0 Å². The fraction of sp³-hybridized carbons (Fsp3) is 0.600. The van der Waals surface area contributed by atoms with Gasteiger partial charge in [-0.2, -0.15) is 0 Å². The van der Waals surface area contributed by atoms with Crippen molar-refractivity contribution in [3.63, 3.8) is 0 Å². The van der Waals surface area contributed by atoms with Gasteiger partial charge in [-0.1, -0.05) is 12.8 Å². The zero-order valence-corrected chi connectivity index (χ0v) is 12.8. The molecule has 0 unspecified atom stereocenters. The Balaban J connectivity index is 2.35. The number of aliphatic hydroxyl groups excluding tert-OH is 2. The van der Waals surface area contributed by atoms with E-state index in [4.69, 9.17) is 0 Å². The minimum absolute atomic E-state index is 0.0156. The summed E-state index contributed by atoms with van der Waals surface area (Å²) in [5.41, 5.74) is -0.909. The van der Waals surface area contributed by atoms with Gasteiger partial charge in [0.15, 0.2) is 0 Å². The third-order valence-electron chi connectivity index (χ3n) is 4.52. The standard InChI is InChI=1S/C15H19BrF2O2/c16-12-5-6-13(17)11(14(12)18)7-15(8-19,9-20)10-3-1-2-4-10/h5-6,10,19-20H,1-4,7-9H2. The first-order valence-corrected chi connectivity index (χ1v) is 7.67. The first-order valence-electron chi connectivity index (χ1n) is 6.88. The second-order valence-corrected chi connectivity index (χ2v) is 6.51. The minimum atomic E-state index is -0.848. The molecule has 1 aromatic carbocycles. The third kappa shape index (κ3) is 2.90. The van der Waals surface area contributed by atoms with Gasteiger partial charge < -0.3 is 10.2 Å². The van der Waals surface area contributed by atoms with Gasteiger partial charge in [0, 0.05) is 11.0 Å². The fourth-order valence-corrected chi connectivity index (χ4v) is 3.56. The number of hydrogen-bond donors (Lipinski definition) is 2. The molecule has 0 aromatic heterocycles. The van der Waals surface area contributed by atoms with Crippen molar-refractivity contribution in [3.05, 3.63) is 33.8 Å². The van der Waals surface area contributed by atoms with Gasteiger partial charge in [-0.05, 0) is 53.2 Å². The highest BCUT2D eigenvalue weighted by Gasteiger charge is 2.40. The van der Waals surface area contributed by atoms with E-state index in [9.17, 15) is 19.0 Å². The number of aliphatic hydroxyl groups is 2. The lowest BCUT2D eigenvalue weighted by Gasteiger charge is -2.36. The SMILES string of the molecule is OCC(CO)(Cc1c(F)ccc(Br)c1F)C1CCCC1. The molecule has 0 heterocycles. The largest absolute Gasteiger partial charge is 0.396 e. The van der Waals surface area contributed by atoms with E-state index in [1.54, 1.807) is 0 Å². The van der Waals surface area contributed by atoms with Gasteiger partial charge in [0.05, 0.1) is 17.7 Å². The van der Waals surface area contributed by atoms with Crippen LogP contribution in [0.1, 0.15) is 31.2 Å². The molecule has 2 nitrogen and oxygen atoms in total. The number of halogens is 3. The molecule has 0 spiro atoms. The van der Waals surface area contributed by atoms with Crippen molar-refractivity contribution in [1.29, 1.82) is 0 Å².